The number of fused-ring (bicyclic) bond motifs is 2. The number of benzene rings is 1. The number of carbonyl (C=O) groups is 1. The molecule has 1 fully saturated rings. The van der Waals surface area contributed by atoms with Crippen molar-refractivity contribution in [1.82, 2.24) is 25.3 Å². The molecule has 1 amide bonds. The van der Waals surface area contributed by atoms with Gasteiger partial charge in [0.15, 0.2) is 11.6 Å². The summed E-state index contributed by atoms with van der Waals surface area (Å²) in [6.45, 7) is 4.21. The standard InChI is InChI=1S/C26H24N6O2S/c1-15-13-34-12-11-32(15)25-22-21(20(14-35-22)16-5-3-4-6-19(16)26(33)27-2)30-24(31-25)18-8-10-29-23-17(18)7-9-28-23/h3-10,14-15H,11-13H2,1-2H3,(H,27,33)(H,28,29)/t15-/m1/s1. The number of nitrogens with one attached hydrogen (secondary N) is 2. The Hall–Kier alpha value is -3.82. The van der Waals surface area contributed by atoms with Crippen LogP contribution in [0.1, 0.15) is 17.3 Å². The summed E-state index contributed by atoms with van der Waals surface area (Å²) in [7, 11) is 1.65. The van der Waals surface area contributed by atoms with Crippen molar-refractivity contribution >= 4 is 44.3 Å². The quantitative estimate of drug-likeness (QED) is 0.390. The van der Waals surface area contributed by atoms with Crippen LogP contribution < -0.4 is 10.2 Å². The molecule has 0 saturated carbocycles. The van der Waals surface area contributed by atoms with Crippen molar-refractivity contribution < 1.29 is 9.53 Å². The second-order valence-corrected chi connectivity index (χ2v) is 9.42. The van der Waals surface area contributed by atoms with Gasteiger partial charge in [0.05, 0.1) is 29.5 Å². The highest BCUT2D eigenvalue weighted by Gasteiger charge is 2.26. The van der Waals surface area contributed by atoms with Crippen LogP contribution in [0.3, 0.4) is 0 Å². The highest BCUT2D eigenvalue weighted by atomic mass is 32.1. The van der Waals surface area contributed by atoms with E-state index in [1.54, 1.807) is 24.6 Å². The highest BCUT2D eigenvalue weighted by Crippen LogP contribution is 2.41. The summed E-state index contributed by atoms with van der Waals surface area (Å²) >= 11 is 1.61. The van der Waals surface area contributed by atoms with Crippen molar-refractivity contribution in [3.05, 3.63) is 59.7 Å². The predicted octanol–water partition coefficient (Wildman–Crippen LogP) is 4.49. The van der Waals surface area contributed by atoms with Crippen molar-refractivity contribution in [3.8, 4) is 22.5 Å². The topological polar surface area (TPSA) is 96.0 Å². The third-order valence-electron chi connectivity index (χ3n) is 6.43. The molecule has 5 aromatic rings. The number of hydrogen-bond donors (Lipinski definition) is 2. The van der Waals surface area contributed by atoms with E-state index in [2.05, 4.69) is 32.5 Å². The summed E-state index contributed by atoms with van der Waals surface area (Å²) in [5, 5.41) is 5.80. The van der Waals surface area contributed by atoms with Crippen LogP contribution in [0, 0.1) is 0 Å². The molecule has 9 heteroatoms. The molecule has 8 nitrogen and oxygen atoms in total. The number of aromatic nitrogens is 4. The summed E-state index contributed by atoms with van der Waals surface area (Å²) < 4.78 is 6.70. The first-order valence-corrected chi connectivity index (χ1v) is 12.4. The summed E-state index contributed by atoms with van der Waals surface area (Å²) in [5.41, 5.74) is 4.94. The van der Waals surface area contributed by atoms with E-state index in [0.717, 1.165) is 50.3 Å². The van der Waals surface area contributed by atoms with Crippen LogP contribution in [-0.2, 0) is 4.74 Å². The van der Waals surface area contributed by atoms with Gasteiger partial charge in [-0.25, -0.2) is 15.0 Å². The highest BCUT2D eigenvalue weighted by molar-refractivity contribution is 7.18. The molecular formula is C26H24N6O2S. The van der Waals surface area contributed by atoms with Crippen LogP contribution in [0.4, 0.5) is 5.82 Å². The van der Waals surface area contributed by atoms with Gasteiger partial charge in [0, 0.05) is 53.4 Å². The average Bonchev–Trinajstić information content (AvgIpc) is 3.55. The molecule has 1 aromatic carbocycles. The number of thiophene rings is 1. The Morgan fingerprint density at radius 3 is 2.91 bits per heavy atom. The molecule has 4 aromatic heterocycles. The second-order valence-electron chi connectivity index (χ2n) is 8.54. The maximum atomic E-state index is 12.7. The zero-order chi connectivity index (χ0) is 23.9. The van der Waals surface area contributed by atoms with Crippen molar-refractivity contribution in [2.45, 2.75) is 13.0 Å². The number of carbonyl (C=O) groups excluding carboxylic acids is 1. The Balaban J connectivity index is 1.63. The zero-order valence-corrected chi connectivity index (χ0v) is 20.2. The van der Waals surface area contributed by atoms with E-state index < -0.39 is 0 Å². The second kappa shape index (κ2) is 8.75. The molecule has 6 rings (SSSR count). The number of rotatable bonds is 4. The van der Waals surface area contributed by atoms with Crippen LogP contribution in [0.15, 0.2) is 54.2 Å². The SMILES string of the molecule is CNC(=O)c1ccccc1-c1csc2c(N3CCOC[C@H]3C)nc(-c3ccnc4[nH]ccc34)nc12. The maximum Gasteiger partial charge on any atom is 0.251 e. The van der Waals surface area contributed by atoms with Crippen LogP contribution >= 0.6 is 11.3 Å². The van der Waals surface area contributed by atoms with E-state index in [0.29, 0.717) is 24.6 Å². The lowest BCUT2D eigenvalue weighted by Gasteiger charge is -2.34. The summed E-state index contributed by atoms with van der Waals surface area (Å²) in [5.74, 6) is 1.41. The van der Waals surface area contributed by atoms with Gasteiger partial charge >= 0.3 is 0 Å². The number of morpholine rings is 1. The number of H-pyrrole nitrogens is 1. The van der Waals surface area contributed by atoms with Gasteiger partial charge in [-0.3, -0.25) is 4.79 Å². The molecular weight excluding hydrogens is 460 g/mol. The summed E-state index contributed by atoms with van der Waals surface area (Å²) in [4.78, 5) is 32.8. The number of aromatic amines is 1. The van der Waals surface area contributed by atoms with E-state index in [4.69, 9.17) is 14.7 Å². The molecule has 0 aliphatic carbocycles. The first-order valence-electron chi connectivity index (χ1n) is 11.5. The van der Waals surface area contributed by atoms with E-state index >= 15 is 0 Å². The number of pyridine rings is 1. The van der Waals surface area contributed by atoms with E-state index in [-0.39, 0.29) is 11.9 Å². The normalized spacial score (nSPS) is 16.2. The lowest BCUT2D eigenvalue weighted by molar-refractivity contribution is 0.0963. The fourth-order valence-corrected chi connectivity index (χ4v) is 5.67. The van der Waals surface area contributed by atoms with E-state index in [1.807, 2.05) is 42.6 Å². The van der Waals surface area contributed by atoms with Gasteiger partial charge < -0.3 is 19.9 Å². The number of hydrogen-bond acceptors (Lipinski definition) is 7. The van der Waals surface area contributed by atoms with Crippen molar-refractivity contribution in [2.75, 3.05) is 31.7 Å². The third-order valence-corrected chi connectivity index (χ3v) is 7.39. The van der Waals surface area contributed by atoms with Gasteiger partial charge in [0.1, 0.15) is 5.65 Å². The molecule has 1 aliphatic rings. The zero-order valence-electron chi connectivity index (χ0n) is 19.4. The fraction of sp³-hybridized carbons (Fsp3) is 0.231. The Morgan fingerprint density at radius 1 is 1.17 bits per heavy atom. The summed E-state index contributed by atoms with van der Waals surface area (Å²) in [6.07, 6.45) is 3.65. The van der Waals surface area contributed by atoms with Crippen LogP contribution in [-0.4, -0.2) is 58.7 Å². The minimum absolute atomic E-state index is 0.126. The Kier molecular flexibility index (Phi) is 5.43. The molecule has 1 atom stereocenters. The third kappa shape index (κ3) is 3.64. The number of anilines is 1. The van der Waals surface area contributed by atoms with Gasteiger partial charge in [0.2, 0.25) is 0 Å². The molecule has 5 heterocycles. The predicted molar refractivity (Wildman–Crippen MR) is 139 cm³/mol. The van der Waals surface area contributed by atoms with Gasteiger partial charge in [-0.1, -0.05) is 18.2 Å². The minimum Gasteiger partial charge on any atom is -0.377 e. The van der Waals surface area contributed by atoms with Crippen LogP contribution in [0.2, 0.25) is 0 Å². The smallest absolute Gasteiger partial charge is 0.251 e. The number of nitrogens with zero attached hydrogens (tertiary/aromatic N) is 4. The lowest BCUT2D eigenvalue weighted by Crippen LogP contribution is -2.44. The van der Waals surface area contributed by atoms with E-state index in [9.17, 15) is 4.79 Å². The molecule has 2 N–H and O–H groups in total. The molecule has 0 unspecified atom stereocenters. The van der Waals surface area contributed by atoms with Crippen molar-refractivity contribution in [2.24, 2.45) is 0 Å². The number of amides is 1. The first-order chi connectivity index (χ1) is 17.2. The molecule has 176 valence electrons. The molecule has 1 aliphatic heterocycles. The maximum absolute atomic E-state index is 12.7. The first kappa shape index (κ1) is 21.7. The largest absolute Gasteiger partial charge is 0.377 e. The molecule has 0 radical (unpaired) electrons. The van der Waals surface area contributed by atoms with Gasteiger partial charge in [-0.2, -0.15) is 0 Å². The molecule has 1 saturated heterocycles. The lowest BCUT2D eigenvalue weighted by atomic mass is 10.0. The van der Waals surface area contributed by atoms with Gasteiger partial charge in [0.25, 0.3) is 5.91 Å². The minimum atomic E-state index is -0.126. The van der Waals surface area contributed by atoms with Gasteiger partial charge in [-0.05, 0) is 30.7 Å². The average molecular weight is 485 g/mol. The summed E-state index contributed by atoms with van der Waals surface area (Å²) in [6, 6.07) is 11.8. The molecule has 0 spiro atoms. The van der Waals surface area contributed by atoms with Crippen LogP contribution in [0.25, 0.3) is 43.8 Å². The van der Waals surface area contributed by atoms with E-state index in [1.165, 1.54) is 0 Å². The Bertz CT molecular complexity index is 1560. The number of ether oxygens (including phenoxy) is 1. The molecule has 35 heavy (non-hydrogen) atoms. The molecule has 0 bridgehead atoms. The fourth-order valence-electron chi connectivity index (χ4n) is 4.66. The van der Waals surface area contributed by atoms with Crippen molar-refractivity contribution in [3.63, 3.8) is 0 Å². The monoisotopic (exact) mass is 484 g/mol. The Morgan fingerprint density at radius 2 is 2.06 bits per heavy atom. The van der Waals surface area contributed by atoms with Gasteiger partial charge in [-0.15, -0.1) is 11.3 Å². The van der Waals surface area contributed by atoms with Crippen LogP contribution in [0.5, 0.6) is 0 Å². The van der Waals surface area contributed by atoms with Crippen molar-refractivity contribution in [1.29, 1.82) is 0 Å². The Labute approximate surface area is 206 Å².